The summed E-state index contributed by atoms with van der Waals surface area (Å²) in [5.41, 5.74) is -6.77. The first-order valence-corrected chi connectivity index (χ1v) is 16.7. The molecule has 1 saturated heterocycles. The lowest BCUT2D eigenvalue weighted by Gasteiger charge is -2.51. The predicted octanol–water partition coefficient (Wildman–Crippen LogP) is 4.50. The smallest absolute Gasteiger partial charge is 0.331 e. The summed E-state index contributed by atoms with van der Waals surface area (Å²) >= 11 is 0. The third kappa shape index (κ3) is 4.82. The molecule has 1 heterocycles. The summed E-state index contributed by atoms with van der Waals surface area (Å²) in [6.45, 7) is 8.97. The minimum atomic E-state index is -2.33. The molecule has 8 nitrogen and oxygen atoms in total. The molecule has 0 spiro atoms. The van der Waals surface area contributed by atoms with E-state index in [1.165, 1.54) is 51.0 Å². The summed E-state index contributed by atoms with van der Waals surface area (Å²) in [5.74, 6) is -3.85. The predicted molar refractivity (Wildman–Crippen MR) is 166 cm³/mol. The van der Waals surface area contributed by atoms with Crippen LogP contribution in [0.3, 0.4) is 0 Å². The molecule has 0 aromatic rings. The van der Waals surface area contributed by atoms with Gasteiger partial charge in [0.2, 0.25) is 0 Å². The maximum Gasteiger partial charge on any atom is 0.331 e. The molecule has 0 radical (unpaired) electrons. The van der Waals surface area contributed by atoms with Crippen LogP contribution >= 0.6 is 0 Å². The number of fused-ring (bicyclic) bond motifs is 7. The van der Waals surface area contributed by atoms with E-state index in [9.17, 15) is 30.0 Å². The molecule has 0 aromatic carbocycles. The van der Waals surface area contributed by atoms with Crippen molar-refractivity contribution >= 4 is 11.8 Å². The van der Waals surface area contributed by atoms with E-state index in [1.807, 2.05) is 32.9 Å². The summed E-state index contributed by atoms with van der Waals surface area (Å²) in [5, 5.41) is 46.1. The Kier molecular flexibility index (Phi) is 9.01. The highest BCUT2D eigenvalue weighted by atomic mass is 16.6. The summed E-state index contributed by atoms with van der Waals surface area (Å²) in [6.07, 6.45) is 20.2. The lowest BCUT2D eigenvalue weighted by molar-refractivity contribution is -0.214. The van der Waals surface area contributed by atoms with E-state index in [2.05, 4.69) is 13.0 Å². The number of hydrogen-bond donors (Lipinski definition) is 4. The van der Waals surface area contributed by atoms with Gasteiger partial charge in [0.25, 0.3) is 0 Å². The summed E-state index contributed by atoms with van der Waals surface area (Å²) < 4.78 is 12.2. The van der Waals surface area contributed by atoms with Crippen molar-refractivity contribution in [2.24, 2.45) is 29.1 Å². The van der Waals surface area contributed by atoms with E-state index >= 15 is 0 Å². The van der Waals surface area contributed by atoms with Crippen LogP contribution in [0.5, 0.6) is 0 Å². The SMILES string of the molecule is CCCCCCCCC/C=C/C=C/C=C/C(=O)O[C@@]12C[C@@H](C)[C@]3(O)[C@H]([C@@H]1C2(C)C)[C@@H]1O[C@]1(CO)[C@@H](O)[C@]1(O)C(=O)C(C)=C[C@H]13. The molecule has 244 valence electrons. The summed E-state index contributed by atoms with van der Waals surface area (Å²) in [4.78, 5) is 26.4. The van der Waals surface area contributed by atoms with Crippen molar-refractivity contribution in [1.29, 1.82) is 0 Å². The number of esters is 1. The van der Waals surface area contributed by atoms with Crippen LogP contribution in [0.4, 0.5) is 0 Å². The molecule has 4 fully saturated rings. The highest BCUT2D eigenvalue weighted by Gasteiger charge is 2.90. The molecule has 10 atom stereocenters. The number of epoxide rings is 1. The van der Waals surface area contributed by atoms with Gasteiger partial charge in [0.15, 0.2) is 11.4 Å². The number of unbranched alkanes of at least 4 members (excludes halogenated alkanes) is 7. The van der Waals surface area contributed by atoms with Crippen molar-refractivity contribution in [3.05, 3.63) is 48.1 Å². The van der Waals surface area contributed by atoms with Crippen molar-refractivity contribution in [3.8, 4) is 0 Å². The zero-order valence-corrected chi connectivity index (χ0v) is 27.0. The first kappa shape index (κ1) is 33.3. The molecule has 44 heavy (non-hydrogen) atoms. The Morgan fingerprint density at radius 2 is 1.73 bits per heavy atom. The number of aliphatic hydroxyl groups excluding tert-OH is 2. The minimum absolute atomic E-state index is 0.257. The van der Waals surface area contributed by atoms with Gasteiger partial charge in [-0.2, -0.15) is 0 Å². The molecule has 8 heteroatoms. The van der Waals surface area contributed by atoms with Crippen LogP contribution in [0.25, 0.3) is 0 Å². The number of ketones is 1. The van der Waals surface area contributed by atoms with E-state index in [-0.39, 0.29) is 11.5 Å². The fourth-order valence-electron chi connectivity index (χ4n) is 9.31. The average molecular weight is 613 g/mol. The number of ether oxygens (including phenoxy) is 2. The van der Waals surface area contributed by atoms with Crippen LogP contribution in [0, 0.1) is 29.1 Å². The van der Waals surface area contributed by atoms with E-state index in [4.69, 9.17) is 9.47 Å². The number of rotatable bonds is 13. The van der Waals surface area contributed by atoms with Gasteiger partial charge < -0.3 is 29.9 Å². The third-order valence-corrected chi connectivity index (χ3v) is 11.9. The molecule has 3 saturated carbocycles. The molecule has 1 aliphatic heterocycles. The summed E-state index contributed by atoms with van der Waals surface area (Å²) in [7, 11) is 0. The quantitative estimate of drug-likeness (QED) is 0.0785. The van der Waals surface area contributed by atoms with E-state index < -0.39 is 76.1 Å². The Labute approximate surface area is 261 Å². The van der Waals surface area contributed by atoms with E-state index in [0.717, 1.165) is 6.42 Å². The van der Waals surface area contributed by atoms with Crippen molar-refractivity contribution in [2.75, 3.05) is 6.61 Å². The van der Waals surface area contributed by atoms with Gasteiger partial charge in [-0.1, -0.05) is 103 Å². The Bertz CT molecular complexity index is 1250. The van der Waals surface area contributed by atoms with Gasteiger partial charge in [-0.3, -0.25) is 4.79 Å². The first-order chi connectivity index (χ1) is 20.8. The van der Waals surface area contributed by atoms with Crippen molar-refractivity contribution in [2.45, 2.75) is 127 Å². The summed E-state index contributed by atoms with van der Waals surface area (Å²) in [6, 6.07) is 0. The van der Waals surface area contributed by atoms with Crippen LogP contribution in [-0.2, 0) is 19.1 Å². The molecule has 5 aliphatic rings. The van der Waals surface area contributed by atoms with E-state index in [0.29, 0.717) is 6.42 Å². The maximum atomic E-state index is 13.3. The second-order valence-corrected chi connectivity index (χ2v) is 14.6. The van der Waals surface area contributed by atoms with E-state index in [1.54, 1.807) is 25.2 Å². The molecule has 4 N–H and O–H groups in total. The van der Waals surface area contributed by atoms with Crippen molar-refractivity contribution in [3.63, 3.8) is 0 Å². The van der Waals surface area contributed by atoms with Crippen LogP contribution in [-0.4, -0.2) is 73.4 Å². The molecular weight excluding hydrogens is 560 g/mol. The first-order valence-electron chi connectivity index (χ1n) is 16.7. The van der Waals surface area contributed by atoms with Crippen molar-refractivity contribution < 1.29 is 39.5 Å². The lowest BCUT2D eigenvalue weighted by Crippen LogP contribution is -2.65. The fraction of sp³-hybridized carbons (Fsp3) is 0.722. The van der Waals surface area contributed by atoms with Gasteiger partial charge in [0, 0.05) is 29.2 Å². The molecule has 0 amide bonds. The zero-order valence-electron chi connectivity index (χ0n) is 27.0. The fourth-order valence-corrected chi connectivity index (χ4v) is 9.31. The Hall–Kier alpha value is -2.10. The second kappa shape index (κ2) is 11.9. The van der Waals surface area contributed by atoms with Crippen LogP contribution in [0.1, 0.15) is 92.4 Å². The molecule has 5 rings (SSSR count). The standard InChI is InChI=1S/C36H52O8/c1-6-7-8-9-10-11-12-13-14-15-16-17-18-19-26(38)43-34-21-24(3)35(41)25-20-23(2)29(39)36(25,42)31(40)33(22-37)30(44-33)27(35)28(34)32(34,4)5/h14-20,24-25,27-28,30-31,37,40-42H,6-13,21-22H2,1-5H3/b15-14+,17-16+,19-18+/t24-,25+,27-,28-,30+,31-,33+,34+,35-,36-/m1/s1. The molecule has 0 aromatic heterocycles. The normalized spacial score (nSPS) is 43.4. The maximum absolute atomic E-state index is 13.3. The molecule has 0 unspecified atom stereocenters. The third-order valence-electron chi connectivity index (χ3n) is 11.9. The van der Waals surface area contributed by atoms with Gasteiger partial charge in [0.05, 0.1) is 18.3 Å². The van der Waals surface area contributed by atoms with Crippen LogP contribution in [0.15, 0.2) is 48.1 Å². The number of Topliss-reactive ketones (excluding diaryl/α,β-unsaturated/α-hetero) is 1. The Balaban J connectivity index is 1.26. The largest absolute Gasteiger partial charge is 0.455 e. The number of carbonyl (C=O) groups excluding carboxylic acids is 2. The number of carbonyl (C=O) groups is 2. The van der Waals surface area contributed by atoms with Gasteiger partial charge in [0.1, 0.15) is 17.3 Å². The topological polar surface area (TPSA) is 137 Å². The minimum Gasteiger partial charge on any atom is -0.455 e. The lowest BCUT2D eigenvalue weighted by atomic mass is 9.59. The Morgan fingerprint density at radius 1 is 1.07 bits per heavy atom. The van der Waals surface area contributed by atoms with Gasteiger partial charge in [-0.25, -0.2) is 4.79 Å². The molecule has 4 aliphatic carbocycles. The molecule has 0 bridgehead atoms. The second-order valence-electron chi connectivity index (χ2n) is 14.6. The number of hydrogen-bond acceptors (Lipinski definition) is 8. The van der Waals surface area contributed by atoms with Crippen LogP contribution < -0.4 is 0 Å². The van der Waals surface area contributed by atoms with Gasteiger partial charge in [-0.15, -0.1) is 0 Å². The van der Waals surface area contributed by atoms with Crippen molar-refractivity contribution in [1.82, 2.24) is 0 Å². The van der Waals surface area contributed by atoms with Gasteiger partial charge >= 0.3 is 5.97 Å². The highest BCUT2D eigenvalue weighted by Crippen LogP contribution is 2.79. The molecular formula is C36H52O8. The number of allylic oxidation sites excluding steroid dienone is 5. The zero-order chi connectivity index (χ0) is 32.1. The van der Waals surface area contributed by atoms with Gasteiger partial charge in [-0.05, 0) is 37.7 Å². The number of aliphatic hydroxyl groups is 4. The Morgan fingerprint density at radius 3 is 2.41 bits per heavy atom. The highest BCUT2D eigenvalue weighted by molar-refractivity contribution is 6.05. The average Bonchev–Trinajstić information content (AvgIpc) is 3.80. The monoisotopic (exact) mass is 612 g/mol. The van der Waals surface area contributed by atoms with Crippen LogP contribution in [0.2, 0.25) is 0 Å².